The lowest BCUT2D eigenvalue weighted by atomic mass is 10.0. The van der Waals surface area contributed by atoms with Crippen LogP contribution in [0.4, 0.5) is 0 Å². The maximum Gasteiger partial charge on any atom is 0.227 e. The van der Waals surface area contributed by atoms with Gasteiger partial charge in [-0.25, -0.2) is 0 Å². The minimum absolute atomic E-state index is 0.00509. The predicted octanol–water partition coefficient (Wildman–Crippen LogP) is 3.10. The fraction of sp³-hybridized carbons (Fsp3) is 0.357. The van der Waals surface area contributed by atoms with E-state index in [1.807, 2.05) is 30.5 Å². The molecule has 2 aromatic rings. The lowest BCUT2D eigenvalue weighted by Gasteiger charge is -2.08. The molecule has 0 amide bonds. The molecule has 1 aromatic carbocycles. The number of nitrogens with zero attached hydrogens (tertiary/aromatic N) is 1. The molecule has 0 saturated heterocycles. The van der Waals surface area contributed by atoms with Crippen molar-refractivity contribution in [3.05, 3.63) is 36.0 Å². The molecule has 3 heteroatoms. The van der Waals surface area contributed by atoms with Gasteiger partial charge in [0.15, 0.2) is 0 Å². The number of aromatic nitrogens is 1. The summed E-state index contributed by atoms with van der Waals surface area (Å²) in [6, 6.07) is 7.91. The lowest BCUT2D eigenvalue weighted by molar-refractivity contribution is 0.0941. The van der Waals surface area contributed by atoms with Gasteiger partial charge in [0.1, 0.15) is 0 Å². The van der Waals surface area contributed by atoms with E-state index in [4.69, 9.17) is 5.73 Å². The third-order valence-corrected chi connectivity index (χ3v) is 3.08. The first-order valence-corrected chi connectivity index (χ1v) is 6.01. The Morgan fingerprint density at radius 3 is 2.76 bits per heavy atom. The van der Waals surface area contributed by atoms with Gasteiger partial charge in [0.25, 0.3) is 0 Å². The number of fused-ring (bicyclic) bond motifs is 1. The van der Waals surface area contributed by atoms with E-state index in [1.165, 1.54) is 0 Å². The fourth-order valence-electron chi connectivity index (χ4n) is 2.23. The molecule has 17 heavy (non-hydrogen) atoms. The number of carbonyl (C=O) groups is 1. The van der Waals surface area contributed by atoms with E-state index in [1.54, 1.807) is 11.5 Å². The number of rotatable bonds is 3. The molecular weight excluding hydrogens is 212 g/mol. The summed E-state index contributed by atoms with van der Waals surface area (Å²) in [7, 11) is 0. The average Bonchev–Trinajstić information content (AvgIpc) is 2.69. The van der Waals surface area contributed by atoms with Gasteiger partial charge in [-0.15, -0.1) is 0 Å². The molecule has 0 aliphatic rings. The Morgan fingerprint density at radius 1 is 1.41 bits per heavy atom. The largest absolute Gasteiger partial charge is 0.324 e. The molecule has 0 saturated carbocycles. The maximum atomic E-state index is 11.6. The van der Waals surface area contributed by atoms with Crippen LogP contribution in [0.1, 0.15) is 43.1 Å². The zero-order chi connectivity index (χ0) is 12.4. The molecule has 0 bridgehead atoms. The van der Waals surface area contributed by atoms with Gasteiger partial charge in [-0.1, -0.05) is 31.5 Å². The highest BCUT2D eigenvalue weighted by Gasteiger charge is 2.15. The SMILES string of the molecule is CCC[C@@H](N)c1cn(C(C)=O)c2ccccc12. The van der Waals surface area contributed by atoms with Crippen molar-refractivity contribution in [2.45, 2.75) is 32.7 Å². The first-order valence-electron chi connectivity index (χ1n) is 6.01. The van der Waals surface area contributed by atoms with Gasteiger partial charge in [0, 0.05) is 24.5 Å². The third-order valence-electron chi connectivity index (χ3n) is 3.08. The van der Waals surface area contributed by atoms with E-state index in [0.717, 1.165) is 29.3 Å². The molecule has 0 spiro atoms. The summed E-state index contributed by atoms with van der Waals surface area (Å²) in [4.78, 5) is 11.6. The van der Waals surface area contributed by atoms with Gasteiger partial charge in [-0.05, 0) is 18.1 Å². The second-order valence-corrected chi connectivity index (χ2v) is 4.39. The Labute approximate surface area is 101 Å². The van der Waals surface area contributed by atoms with Crippen molar-refractivity contribution in [1.82, 2.24) is 4.57 Å². The Hall–Kier alpha value is -1.61. The molecule has 2 N–H and O–H groups in total. The van der Waals surface area contributed by atoms with Crippen LogP contribution in [0.3, 0.4) is 0 Å². The van der Waals surface area contributed by atoms with Crippen LogP contribution in [0.2, 0.25) is 0 Å². The second kappa shape index (κ2) is 4.72. The zero-order valence-electron chi connectivity index (χ0n) is 10.3. The minimum atomic E-state index is 0.00509. The van der Waals surface area contributed by atoms with Crippen LogP contribution in [0.5, 0.6) is 0 Å². The zero-order valence-corrected chi connectivity index (χ0v) is 10.3. The first-order chi connectivity index (χ1) is 8.15. The van der Waals surface area contributed by atoms with Gasteiger partial charge in [0.2, 0.25) is 5.91 Å². The molecule has 2 rings (SSSR count). The van der Waals surface area contributed by atoms with Crippen molar-refractivity contribution < 1.29 is 4.79 Å². The van der Waals surface area contributed by atoms with Crippen LogP contribution < -0.4 is 5.73 Å². The molecular formula is C14H18N2O. The fourth-order valence-corrected chi connectivity index (χ4v) is 2.23. The number of carbonyl (C=O) groups excluding carboxylic acids is 1. The summed E-state index contributed by atoms with van der Waals surface area (Å²) >= 11 is 0. The summed E-state index contributed by atoms with van der Waals surface area (Å²) in [6.07, 6.45) is 3.86. The highest BCUT2D eigenvalue weighted by Crippen LogP contribution is 2.27. The summed E-state index contributed by atoms with van der Waals surface area (Å²) in [6.45, 7) is 3.69. The number of hydrogen-bond donors (Lipinski definition) is 1. The van der Waals surface area contributed by atoms with E-state index >= 15 is 0 Å². The van der Waals surface area contributed by atoms with Crippen LogP contribution in [0, 0.1) is 0 Å². The molecule has 0 aliphatic heterocycles. The quantitative estimate of drug-likeness (QED) is 0.880. The number of hydrogen-bond acceptors (Lipinski definition) is 2. The van der Waals surface area contributed by atoms with Gasteiger partial charge in [-0.3, -0.25) is 9.36 Å². The molecule has 0 unspecified atom stereocenters. The average molecular weight is 230 g/mol. The lowest BCUT2D eigenvalue weighted by Crippen LogP contribution is -2.09. The first kappa shape index (κ1) is 11.9. The van der Waals surface area contributed by atoms with Crippen LogP contribution in [0.25, 0.3) is 10.9 Å². The normalized spacial score (nSPS) is 12.9. The molecule has 1 atom stereocenters. The van der Waals surface area contributed by atoms with Crippen LogP contribution in [-0.4, -0.2) is 10.5 Å². The molecule has 3 nitrogen and oxygen atoms in total. The summed E-state index contributed by atoms with van der Waals surface area (Å²) in [5, 5.41) is 1.09. The van der Waals surface area contributed by atoms with Crippen molar-refractivity contribution in [3.63, 3.8) is 0 Å². The van der Waals surface area contributed by atoms with Gasteiger partial charge >= 0.3 is 0 Å². The van der Waals surface area contributed by atoms with E-state index < -0.39 is 0 Å². The van der Waals surface area contributed by atoms with Crippen molar-refractivity contribution in [2.24, 2.45) is 5.73 Å². The van der Waals surface area contributed by atoms with Crippen molar-refractivity contribution in [1.29, 1.82) is 0 Å². The Kier molecular flexibility index (Phi) is 3.29. The van der Waals surface area contributed by atoms with Crippen LogP contribution in [0.15, 0.2) is 30.5 Å². The molecule has 0 radical (unpaired) electrons. The van der Waals surface area contributed by atoms with Crippen LogP contribution in [-0.2, 0) is 0 Å². The second-order valence-electron chi connectivity index (χ2n) is 4.39. The van der Waals surface area contributed by atoms with Crippen LogP contribution >= 0.6 is 0 Å². The number of benzene rings is 1. The minimum Gasteiger partial charge on any atom is -0.324 e. The van der Waals surface area contributed by atoms with E-state index in [0.29, 0.717) is 0 Å². The third kappa shape index (κ3) is 2.11. The van der Waals surface area contributed by atoms with E-state index in [9.17, 15) is 4.79 Å². The van der Waals surface area contributed by atoms with Gasteiger partial charge in [0.05, 0.1) is 5.52 Å². The monoisotopic (exact) mass is 230 g/mol. The Morgan fingerprint density at radius 2 is 2.12 bits per heavy atom. The molecule has 90 valence electrons. The smallest absolute Gasteiger partial charge is 0.227 e. The summed E-state index contributed by atoms with van der Waals surface area (Å²) in [5.74, 6) is 0.0242. The Bertz CT molecular complexity index is 542. The molecule has 1 heterocycles. The van der Waals surface area contributed by atoms with Crippen molar-refractivity contribution >= 4 is 16.8 Å². The number of para-hydroxylation sites is 1. The van der Waals surface area contributed by atoms with Gasteiger partial charge < -0.3 is 5.73 Å². The molecule has 0 aliphatic carbocycles. The molecule has 1 aromatic heterocycles. The number of nitrogens with two attached hydrogens (primary N) is 1. The van der Waals surface area contributed by atoms with Crippen molar-refractivity contribution in [3.8, 4) is 0 Å². The van der Waals surface area contributed by atoms with E-state index in [-0.39, 0.29) is 11.9 Å². The highest BCUT2D eigenvalue weighted by molar-refractivity contribution is 5.93. The van der Waals surface area contributed by atoms with E-state index in [2.05, 4.69) is 6.92 Å². The standard InChI is InChI=1S/C14H18N2O/c1-3-6-13(15)12-9-16(10(2)17)14-8-5-4-7-11(12)14/h4-5,7-9,13H,3,6,15H2,1-2H3/t13-/m1/s1. The predicted molar refractivity (Wildman–Crippen MR) is 70.1 cm³/mol. The highest BCUT2D eigenvalue weighted by atomic mass is 16.1. The summed E-state index contributed by atoms with van der Waals surface area (Å²) < 4.78 is 1.68. The molecule has 0 fully saturated rings. The van der Waals surface area contributed by atoms with Gasteiger partial charge in [-0.2, -0.15) is 0 Å². The summed E-state index contributed by atoms with van der Waals surface area (Å²) in [5.41, 5.74) is 8.17. The topological polar surface area (TPSA) is 48.0 Å². The van der Waals surface area contributed by atoms with Crippen molar-refractivity contribution in [2.75, 3.05) is 0 Å². The Balaban J connectivity index is 2.60. The maximum absolute atomic E-state index is 11.6.